The minimum atomic E-state index is 0.533. The van der Waals surface area contributed by atoms with Crippen molar-refractivity contribution in [2.45, 2.75) is 76.3 Å². The predicted octanol–water partition coefficient (Wildman–Crippen LogP) is 3.84. The molecule has 2 rings (SSSR count). The first kappa shape index (κ1) is 14.4. The molecule has 0 aliphatic heterocycles. The van der Waals surface area contributed by atoms with Gasteiger partial charge in [0.1, 0.15) is 0 Å². The Morgan fingerprint density at radius 1 is 0.647 bits per heavy atom. The Hall–Kier alpha value is -0.700. The molecular weight excluding hydrogens is 216 g/mol. The van der Waals surface area contributed by atoms with Crippen molar-refractivity contribution in [3.63, 3.8) is 0 Å². The Balaban J connectivity index is 0.000000686. The fourth-order valence-corrected chi connectivity index (χ4v) is 2.62. The smallest absolute Gasteiger partial charge is 0.0898 e. The molecule has 17 heavy (non-hydrogen) atoms. The number of nitrogens with zero attached hydrogens (tertiary/aromatic N) is 2. The number of rotatable bonds is 2. The summed E-state index contributed by atoms with van der Waals surface area (Å²) >= 11 is 0. The zero-order valence-corrected chi connectivity index (χ0v) is 10.5. The minimum absolute atomic E-state index is 0.533. The molecule has 0 heterocycles. The van der Waals surface area contributed by atoms with Gasteiger partial charge in [-0.05, 0) is 25.7 Å². The molecule has 0 aromatic carbocycles. The second-order valence-corrected chi connectivity index (χ2v) is 4.94. The van der Waals surface area contributed by atoms with E-state index in [1.807, 2.05) is 0 Å². The van der Waals surface area contributed by atoms with Gasteiger partial charge in [0.15, 0.2) is 0 Å². The standard InChI is InChI=1S/C13H22N2.H2O2/c1-3-7-12(8-4-1)14-11-15-13-9-5-2-6-10-13;1-2/h12-13H,1-10H2;1-2H. The van der Waals surface area contributed by atoms with Gasteiger partial charge >= 0.3 is 0 Å². The monoisotopic (exact) mass is 240 g/mol. The summed E-state index contributed by atoms with van der Waals surface area (Å²) < 4.78 is 0. The van der Waals surface area contributed by atoms with Crippen molar-refractivity contribution in [2.75, 3.05) is 0 Å². The summed E-state index contributed by atoms with van der Waals surface area (Å²) in [4.78, 5) is 8.92. The van der Waals surface area contributed by atoms with Crippen LogP contribution in [0.25, 0.3) is 0 Å². The maximum Gasteiger partial charge on any atom is 0.0898 e. The zero-order valence-electron chi connectivity index (χ0n) is 10.5. The SMILES string of the molecule is C(=NC1CCCCC1)=NC1CCCCC1.OO. The molecule has 0 aromatic heterocycles. The fourth-order valence-electron chi connectivity index (χ4n) is 2.62. The normalized spacial score (nSPS) is 22.0. The average Bonchev–Trinajstić information content (AvgIpc) is 2.43. The van der Waals surface area contributed by atoms with Crippen molar-refractivity contribution in [2.24, 2.45) is 9.98 Å². The highest BCUT2D eigenvalue weighted by molar-refractivity contribution is 5.42. The topological polar surface area (TPSA) is 65.2 Å². The Bertz CT molecular complexity index is 216. The van der Waals surface area contributed by atoms with Crippen LogP contribution in [0.15, 0.2) is 9.98 Å². The molecule has 2 saturated carbocycles. The molecule has 0 amide bonds. The third-order valence-electron chi connectivity index (χ3n) is 3.63. The maximum atomic E-state index is 6.00. The third-order valence-corrected chi connectivity index (χ3v) is 3.63. The molecule has 4 nitrogen and oxygen atoms in total. The lowest BCUT2D eigenvalue weighted by Crippen LogP contribution is -2.10. The lowest BCUT2D eigenvalue weighted by atomic mass is 9.96. The van der Waals surface area contributed by atoms with Gasteiger partial charge in [-0.1, -0.05) is 38.5 Å². The molecule has 0 aromatic rings. The molecule has 4 heteroatoms. The molecule has 0 unspecified atom stereocenters. The van der Waals surface area contributed by atoms with Gasteiger partial charge in [0, 0.05) is 0 Å². The van der Waals surface area contributed by atoms with Crippen molar-refractivity contribution in [3.8, 4) is 0 Å². The van der Waals surface area contributed by atoms with Gasteiger partial charge in [-0.3, -0.25) is 10.5 Å². The van der Waals surface area contributed by atoms with Gasteiger partial charge in [-0.2, -0.15) is 0 Å². The molecule has 0 radical (unpaired) electrons. The van der Waals surface area contributed by atoms with Crippen LogP contribution in [0.2, 0.25) is 0 Å². The lowest BCUT2D eigenvalue weighted by molar-refractivity contribution is -0.176. The van der Waals surface area contributed by atoms with Crippen LogP contribution in [-0.4, -0.2) is 28.6 Å². The molecule has 2 fully saturated rings. The van der Waals surface area contributed by atoms with Crippen LogP contribution in [0.5, 0.6) is 0 Å². The van der Waals surface area contributed by atoms with Crippen LogP contribution in [0.4, 0.5) is 0 Å². The van der Waals surface area contributed by atoms with Crippen LogP contribution in [0.3, 0.4) is 0 Å². The van der Waals surface area contributed by atoms with Crippen molar-refractivity contribution in [1.29, 1.82) is 0 Å². The molecule has 98 valence electrons. The lowest BCUT2D eigenvalue weighted by Gasteiger charge is -2.17. The van der Waals surface area contributed by atoms with E-state index in [9.17, 15) is 0 Å². The van der Waals surface area contributed by atoms with E-state index in [1.165, 1.54) is 64.2 Å². The molecule has 0 saturated heterocycles. The van der Waals surface area contributed by atoms with E-state index in [2.05, 4.69) is 16.0 Å². The minimum Gasteiger partial charge on any atom is -0.255 e. The van der Waals surface area contributed by atoms with E-state index in [4.69, 9.17) is 10.5 Å². The summed E-state index contributed by atoms with van der Waals surface area (Å²) in [6.45, 7) is 0. The molecule has 2 N–H and O–H groups in total. The van der Waals surface area contributed by atoms with Crippen LogP contribution in [0, 0.1) is 0 Å². The molecule has 2 aliphatic carbocycles. The van der Waals surface area contributed by atoms with Crippen molar-refractivity contribution < 1.29 is 10.5 Å². The summed E-state index contributed by atoms with van der Waals surface area (Å²) in [6, 6.07) is 4.04. The number of aliphatic imine (C=N–C) groups is 2. The van der Waals surface area contributed by atoms with E-state index >= 15 is 0 Å². The molecule has 0 spiro atoms. The average molecular weight is 240 g/mol. The van der Waals surface area contributed by atoms with Crippen molar-refractivity contribution in [3.05, 3.63) is 0 Å². The van der Waals surface area contributed by atoms with Crippen LogP contribution in [0.1, 0.15) is 64.2 Å². The van der Waals surface area contributed by atoms with Crippen molar-refractivity contribution in [1.82, 2.24) is 0 Å². The third kappa shape index (κ3) is 5.97. The first-order valence-corrected chi connectivity index (χ1v) is 6.80. The van der Waals surface area contributed by atoms with Crippen LogP contribution in [-0.2, 0) is 0 Å². The highest BCUT2D eigenvalue weighted by Crippen LogP contribution is 2.21. The first-order chi connectivity index (χ1) is 8.45. The molecule has 2 aliphatic rings. The Kier molecular flexibility index (Phi) is 7.89. The zero-order chi connectivity index (χ0) is 12.3. The van der Waals surface area contributed by atoms with E-state index in [-0.39, 0.29) is 0 Å². The number of hydrogen-bond donors (Lipinski definition) is 2. The maximum absolute atomic E-state index is 6.00. The van der Waals surface area contributed by atoms with Crippen LogP contribution < -0.4 is 0 Å². The fraction of sp³-hybridized carbons (Fsp3) is 0.923. The summed E-state index contributed by atoms with van der Waals surface area (Å²) in [5.41, 5.74) is 0. The summed E-state index contributed by atoms with van der Waals surface area (Å²) in [7, 11) is 0. The Morgan fingerprint density at radius 2 is 1.00 bits per heavy atom. The number of hydrogen-bond acceptors (Lipinski definition) is 4. The Morgan fingerprint density at radius 3 is 1.35 bits per heavy atom. The van der Waals surface area contributed by atoms with Gasteiger partial charge in [0.25, 0.3) is 0 Å². The van der Waals surface area contributed by atoms with E-state index in [0.29, 0.717) is 12.1 Å². The largest absolute Gasteiger partial charge is 0.255 e. The van der Waals surface area contributed by atoms with Crippen molar-refractivity contribution >= 4 is 6.01 Å². The second kappa shape index (κ2) is 9.34. The first-order valence-electron chi connectivity index (χ1n) is 6.80. The van der Waals surface area contributed by atoms with Gasteiger partial charge in [0.2, 0.25) is 0 Å². The molecular formula is C13H24N2O2. The van der Waals surface area contributed by atoms with Gasteiger partial charge in [-0.25, -0.2) is 9.98 Å². The van der Waals surface area contributed by atoms with E-state index in [1.54, 1.807) is 0 Å². The highest BCUT2D eigenvalue weighted by Gasteiger charge is 2.12. The quantitative estimate of drug-likeness (QED) is 0.437. The highest BCUT2D eigenvalue weighted by atomic mass is 17.0. The van der Waals surface area contributed by atoms with Gasteiger partial charge in [-0.15, -0.1) is 0 Å². The van der Waals surface area contributed by atoms with Gasteiger partial charge < -0.3 is 0 Å². The molecule has 0 atom stereocenters. The van der Waals surface area contributed by atoms with E-state index in [0.717, 1.165) is 0 Å². The van der Waals surface area contributed by atoms with Gasteiger partial charge in [0.05, 0.1) is 18.1 Å². The summed E-state index contributed by atoms with van der Waals surface area (Å²) in [6.07, 6.45) is 13.2. The summed E-state index contributed by atoms with van der Waals surface area (Å²) in [5.74, 6) is 0. The predicted molar refractivity (Wildman–Crippen MR) is 68.9 cm³/mol. The summed E-state index contributed by atoms with van der Waals surface area (Å²) in [5, 5.41) is 12.0. The van der Waals surface area contributed by atoms with Crippen LogP contribution >= 0.6 is 0 Å². The van der Waals surface area contributed by atoms with E-state index < -0.39 is 0 Å². The molecule has 0 bridgehead atoms. The second-order valence-electron chi connectivity index (χ2n) is 4.94. The Labute approximate surface area is 103 Å².